The van der Waals surface area contributed by atoms with Crippen LogP contribution in [-0.4, -0.2) is 35.5 Å². The lowest BCUT2D eigenvalue weighted by molar-refractivity contribution is -0.142. The number of rotatable bonds is 4. The molecule has 1 atom stereocenters. The average Bonchev–Trinajstić information content (AvgIpc) is 2.34. The molecule has 1 unspecified atom stereocenters. The first-order chi connectivity index (χ1) is 9.38. The Balaban J connectivity index is 2.41. The van der Waals surface area contributed by atoms with Gasteiger partial charge in [-0.2, -0.15) is 0 Å². The second-order valence-corrected chi connectivity index (χ2v) is 4.57. The van der Waals surface area contributed by atoms with Gasteiger partial charge in [-0.15, -0.1) is 0 Å². The number of nitrogens with zero attached hydrogens (tertiary/aromatic N) is 1. The van der Waals surface area contributed by atoms with Gasteiger partial charge in [-0.3, -0.25) is 19.3 Å². The summed E-state index contributed by atoms with van der Waals surface area (Å²) in [5, 5.41) is 8.80. The van der Waals surface area contributed by atoms with Crippen LogP contribution >= 0.6 is 0 Å². The van der Waals surface area contributed by atoms with Gasteiger partial charge in [0.25, 0.3) is 5.91 Å². The molecule has 1 aliphatic heterocycles. The predicted octanol–water partition coefficient (Wildman–Crippen LogP) is 0.0490. The van der Waals surface area contributed by atoms with E-state index >= 15 is 0 Å². The van der Waals surface area contributed by atoms with Crippen molar-refractivity contribution in [3.05, 3.63) is 23.8 Å². The number of nitrogens with two attached hydrogens (primary N) is 1. The molecule has 0 saturated carbocycles. The highest BCUT2D eigenvalue weighted by atomic mass is 16.5. The van der Waals surface area contributed by atoms with Crippen molar-refractivity contribution in [3.8, 4) is 5.75 Å². The maximum Gasteiger partial charge on any atom is 0.307 e. The highest BCUT2D eigenvalue weighted by molar-refractivity contribution is 6.04. The Morgan fingerprint density at radius 3 is 2.75 bits per heavy atom. The number of aryl methyl sites for hydroxylation is 1. The number of anilines is 1. The predicted molar refractivity (Wildman–Crippen MR) is 69.4 cm³/mol. The number of hydrogen-bond acceptors (Lipinski definition) is 4. The third kappa shape index (κ3) is 2.71. The van der Waals surface area contributed by atoms with Crippen molar-refractivity contribution in [1.82, 2.24) is 0 Å². The summed E-state index contributed by atoms with van der Waals surface area (Å²) < 4.78 is 5.40. The van der Waals surface area contributed by atoms with Crippen molar-refractivity contribution >= 4 is 23.5 Å². The molecule has 7 nitrogen and oxygen atoms in total. The number of carbonyl (C=O) groups is 3. The van der Waals surface area contributed by atoms with Gasteiger partial charge < -0.3 is 15.6 Å². The molecule has 0 saturated heterocycles. The molecule has 0 radical (unpaired) electrons. The van der Waals surface area contributed by atoms with E-state index in [2.05, 4.69) is 0 Å². The first-order valence-electron chi connectivity index (χ1n) is 5.97. The minimum absolute atomic E-state index is 0.311. The summed E-state index contributed by atoms with van der Waals surface area (Å²) in [6, 6.07) is 5.10. The quantitative estimate of drug-likeness (QED) is 0.808. The zero-order chi connectivity index (χ0) is 14.9. The van der Waals surface area contributed by atoms with Gasteiger partial charge in [0.1, 0.15) is 12.3 Å². The summed E-state index contributed by atoms with van der Waals surface area (Å²) in [7, 11) is 0. The number of hydrogen-bond donors (Lipinski definition) is 2. The Kier molecular flexibility index (Phi) is 3.60. The van der Waals surface area contributed by atoms with E-state index < -0.39 is 30.3 Å². The van der Waals surface area contributed by atoms with Gasteiger partial charge >= 0.3 is 5.97 Å². The van der Waals surface area contributed by atoms with Crippen molar-refractivity contribution in [2.75, 3.05) is 11.4 Å². The number of carboxylic acids is 1. The van der Waals surface area contributed by atoms with Crippen molar-refractivity contribution in [2.45, 2.75) is 19.4 Å². The molecule has 3 N–H and O–H groups in total. The molecular formula is C13H14N2O5. The Morgan fingerprint density at radius 1 is 1.45 bits per heavy atom. The van der Waals surface area contributed by atoms with Crippen molar-refractivity contribution in [2.24, 2.45) is 5.73 Å². The third-order valence-corrected chi connectivity index (χ3v) is 2.89. The number of aliphatic carboxylic acids is 1. The van der Waals surface area contributed by atoms with Crippen molar-refractivity contribution in [1.29, 1.82) is 0 Å². The smallest absolute Gasteiger partial charge is 0.307 e. The molecule has 2 rings (SSSR count). The van der Waals surface area contributed by atoms with E-state index in [1.807, 2.05) is 6.92 Å². The molecule has 106 valence electrons. The second kappa shape index (κ2) is 5.20. The fourth-order valence-corrected chi connectivity index (χ4v) is 2.04. The molecule has 1 aromatic rings. The molecule has 0 aromatic heterocycles. The summed E-state index contributed by atoms with van der Waals surface area (Å²) >= 11 is 0. The fourth-order valence-electron chi connectivity index (χ4n) is 2.04. The van der Waals surface area contributed by atoms with Gasteiger partial charge in [0.05, 0.1) is 12.1 Å². The van der Waals surface area contributed by atoms with Gasteiger partial charge in [0.15, 0.2) is 6.10 Å². The Hall–Kier alpha value is -2.57. The van der Waals surface area contributed by atoms with Crippen LogP contribution in [0.25, 0.3) is 0 Å². The number of fused-ring (bicyclic) bond motifs is 1. The Morgan fingerprint density at radius 2 is 2.15 bits per heavy atom. The lowest BCUT2D eigenvalue weighted by atomic mass is 10.1. The van der Waals surface area contributed by atoms with E-state index in [-0.39, 0.29) is 6.54 Å². The molecule has 1 aliphatic rings. The number of primary amides is 1. The molecule has 0 fully saturated rings. The van der Waals surface area contributed by atoms with Crippen molar-refractivity contribution < 1.29 is 24.2 Å². The first kappa shape index (κ1) is 13.9. The minimum Gasteiger partial charge on any atom is -0.481 e. The molecule has 20 heavy (non-hydrogen) atoms. The first-order valence-corrected chi connectivity index (χ1v) is 5.97. The van der Waals surface area contributed by atoms with Crippen LogP contribution in [0.15, 0.2) is 18.2 Å². The van der Waals surface area contributed by atoms with Crippen molar-refractivity contribution in [3.63, 3.8) is 0 Å². The summed E-state index contributed by atoms with van der Waals surface area (Å²) in [6.45, 7) is 1.52. The molecule has 7 heteroatoms. The monoisotopic (exact) mass is 278 g/mol. The molecule has 2 amide bonds. The minimum atomic E-state index is -1.15. The van der Waals surface area contributed by atoms with Crippen LogP contribution in [0.5, 0.6) is 5.75 Å². The molecular weight excluding hydrogens is 264 g/mol. The van der Waals surface area contributed by atoms with Crippen LogP contribution in [0.3, 0.4) is 0 Å². The summed E-state index contributed by atoms with van der Waals surface area (Å²) in [4.78, 5) is 35.2. The highest BCUT2D eigenvalue weighted by Gasteiger charge is 2.36. The van der Waals surface area contributed by atoms with E-state index in [0.29, 0.717) is 11.4 Å². The van der Waals surface area contributed by atoms with Gasteiger partial charge in [0.2, 0.25) is 5.91 Å². The highest BCUT2D eigenvalue weighted by Crippen LogP contribution is 2.35. The van der Waals surface area contributed by atoms with Crippen LogP contribution in [0.4, 0.5) is 5.69 Å². The molecule has 1 aromatic carbocycles. The number of benzene rings is 1. The molecule has 0 aliphatic carbocycles. The zero-order valence-electron chi connectivity index (χ0n) is 10.8. The third-order valence-electron chi connectivity index (χ3n) is 2.89. The largest absolute Gasteiger partial charge is 0.481 e. The van der Waals surface area contributed by atoms with E-state index in [4.69, 9.17) is 15.6 Å². The average molecular weight is 278 g/mol. The zero-order valence-corrected chi connectivity index (χ0v) is 10.8. The van der Waals surface area contributed by atoms with E-state index in [1.54, 1.807) is 18.2 Å². The van der Waals surface area contributed by atoms with Crippen LogP contribution < -0.4 is 15.4 Å². The maximum atomic E-state index is 12.2. The standard InChI is InChI=1S/C13H14N2O5/c1-7-2-3-9-8(4-7)15(6-11(14)16)13(19)10(20-9)5-12(17)18/h2-4,10H,5-6H2,1H3,(H2,14,16)(H,17,18). The number of carbonyl (C=O) groups excluding carboxylic acids is 2. The Labute approximate surface area is 114 Å². The van der Waals surface area contributed by atoms with Crippen LogP contribution in [0, 0.1) is 6.92 Å². The molecule has 0 spiro atoms. The maximum absolute atomic E-state index is 12.2. The number of carboxylic acid groups (broad SMARTS) is 1. The topological polar surface area (TPSA) is 110 Å². The summed E-state index contributed by atoms with van der Waals surface area (Å²) in [6.07, 6.45) is -1.62. The van der Waals surface area contributed by atoms with Crippen LogP contribution in [0.1, 0.15) is 12.0 Å². The summed E-state index contributed by atoms with van der Waals surface area (Å²) in [5.41, 5.74) is 6.44. The lowest BCUT2D eigenvalue weighted by Gasteiger charge is -2.33. The normalized spacial score (nSPS) is 17.4. The van der Waals surface area contributed by atoms with E-state index in [9.17, 15) is 14.4 Å². The van der Waals surface area contributed by atoms with Gasteiger partial charge in [-0.25, -0.2) is 0 Å². The molecule has 1 heterocycles. The fraction of sp³-hybridized carbons (Fsp3) is 0.308. The van der Waals surface area contributed by atoms with Crippen LogP contribution in [0.2, 0.25) is 0 Å². The van der Waals surface area contributed by atoms with Gasteiger partial charge in [0, 0.05) is 0 Å². The van der Waals surface area contributed by atoms with Gasteiger partial charge in [-0.05, 0) is 24.6 Å². The Bertz CT molecular complexity index is 584. The molecule has 0 bridgehead atoms. The number of ether oxygens (including phenoxy) is 1. The van der Waals surface area contributed by atoms with E-state index in [1.165, 1.54) is 4.90 Å². The van der Waals surface area contributed by atoms with Gasteiger partial charge in [-0.1, -0.05) is 6.07 Å². The van der Waals surface area contributed by atoms with Crippen LogP contribution in [-0.2, 0) is 14.4 Å². The lowest BCUT2D eigenvalue weighted by Crippen LogP contribution is -2.49. The number of amides is 2. The van der Waals surface area contributed by atoms with E-state index in [0.717, 1.165) is 5.56 Å². The SMILES string of the molecule is Cc1ccc2c(c1)N(CC(N)=O)C(=O)C(CC(=O)O)O2. The summed E-state index contributed by atoms with van der Waals surface area (Å²) in [5.74, 6) is -2.05. The second-order valence-electron chi connectivity index (χ2n) is 4.57.